The molecule has 0 saturated carbocycles. The molecule has 0 atom stereocenters. The average molecular weight is 282 g/mol. The highest BCUT2D eigenvalue weighted by Crippen LogP contribution is 2.16. The minimum atomic E-state index is 0.700. The fraction of sp³-hybridized carbons (Fsp3) is 0.353. The van der Waals surface area contributed by atoms with Gasteiger partial charge in [0.15, 0.2) is 0 Å². The van der Waals surface area contributed by atoms with Crippen molar-refractivity contribution >= 4 is 5.69 Å². The van der Waals surface area contributed by atoms with E-state index in [0.717, 1.165) is 30.0 Å². The first kappa shape index (κ1) is 15.1. The Bertz CT molecular complexity index is 645. The zero-order valence-electron chi connectivity index (χ0n) is 13.1. The van der Waals surface area contributed by atoms with E-state index in [4.69, 9.17) is 5.26 Å². The lowest BCUT2D eigenvalue weighted by atomic mass is 10.2. The van der Waals surface area contributed by atoms with E-state index in [0.29, 0.717) is 5.69 Å². The number of nitriles is 1. The van der Waals surface area contributed by atoms with Crippen LogP contribution in [0.25, 0.3) is 0 Å². The van der Waals surface area contributed by atoms with Gasteiger partial charge in [0.2, 0.25) is 0 Å². The van der Waals surface area contributed by atoms with Crippen LogP contribution in [-0.2, 0) is 20.1 Å². The number of aromatic nitrogens is 1. The number of nitrogens with zero attached hydrogens (tertiary/aromatic N) is 3. The molecular formula is C17H22N4. The van der Waals surface area contributed by atoms with E-state index in [-0.39, 0.29) is 0 Å². The van der Waals surface area contributed by atoms with E-state index in [2.05, 4.69) is 54.6 Å². The van der Waals surface area contributed by atoms with Crippen molar-refractivity contribution in [2.75, 3.05) is 19.4 Å². The lowest BCUT2D eigenvalue weighted by Crippen LogP contribution is -2.10. The molecule has 1 N–H and O–H groups in total. The van der Waals surface area contributed by atoms with Gasteiger partial charge in [-0.25, -0.2) is 0 Å². The Morgan fingerprint density at radius 2 is 1.90 bits per heavy atom. The summed E-state index contributed by atoms with van der Waals surface area (Å²) in [6, 6.07) is 12.6. The van der Waals surface area contributed by atoms with Crippen molar-refractivity contribution in [3.8, 4) is 6.07 Å². The largest absolute Gasteiger partial charge is 0.381 e. The van der Waals surface area contributed by atoms with Crippen LogP contribution in [-0.4, -0.2) is 23.6 Å². The maximum Gasteiger partial charge on any atom is 0.120 e. The first-order valence-electron chi connectivity index (χ1n) is 7.04. The van der Waals surface area contributed by atoms with Crippen LogP contribution in [0.3, 0.4) is 0 Å². The lowest BCUT2D eigenvalue weighted by Gasteiger charge is -2.11. The Morgan fingerprint density at radius 3 is 2.43 bits per heavy atom. The summed E-state index contributed by atoms with van der Waals surface area (Å²) in [5, 5.41) is 12.5. The van der Waals surface area contributed by atoms with Crippen LogP contribution in [0.15, 0.2) is 30.3 Å². The second-order valence-corrected chi connectivity index (χ2v) is 5.60. The van der Waals surface area contributed by atoms with Gasteiger partial charge in [-0.15, -0.1) is 0 Å². The number of benzene rings is 1. The van der Waals surface area contributed by atoms with Gasteiger partial charge in [-0.1, -0.05) is 12.1 Å². The van der Waals surface area contributed by atoms with Crippen LogP contribution in [0.4, 0.5) is 5.69 Å². The molecule has 0 unspecified atom stereocenters. The molecule has 0 aliphatic carbocycles. The summed E-state index contributed by atoms with van der Waals surface area (Å²) in [4.78, 5) is 2.15. The van der Waals surface area contributed by atoms with Gasteiger partial charge in [-0.3, -0.25) is 0 Å². The number of hydrogen-bond donors (Lipinski definition) is 1. The van der Waals surface area contributed by atoms with E-state index in [1.807, 2.05) is 24.6 Å². The van der Waals surface area contributed by atoms with Crippen molar-refractivity contribution in [3.63, 3.8) is 0 Å². The van der Waals surface area contributed by atoms with Crippen molar-refractivity contribution < 1.29 is 0 Å². The molecule has 4 heteroatoms. The summed E-state index contributed by atoms with van der Waals surface area (Å²) in [6.45, 7) is 3.72. The minimum Gasteiger partial charge on any atom is -0.381 e. The van der Waals surface area contributed by atoms with Crippen LogP contribution in [0.2, 0.25) is 0 Å². The number of anilines is 1. The van der Waals surface area contributed by atoms with E-state index in [1.54, 1.807) is 0 Å². The monoisotopic (exact) mass is 282 g/mol. The van der Waals surface area contributed by atoms with Crippen molar-refractivity contribution in [2.24, 2.45) is 7.05 Å². The third-order valence-corrected chi connectivity index (χ3v) is 3.69. The van der Waals surface area contributed by atoms with Crippen LogP contribution < -0.4 is 5.32 Å². The smallest absolute Gasteiger partial charge is 0.120 e. The zero-order valence-corrected chi connectivity index (χ0v) is 13.1. The topological polar surface area (TPSA) is 44.0 Å². The Kier molecular flexibility index (Phi) is 4.66. The molecule has 2 rings (SSSR count). The van der Waals surface area contributed by atoms with Crippen molar-refractivity contribution in [1.82, 2.24) is 9.47 Å². The molecule has 21 heavy (non-hydrogen) atoms. The second-order valence-electron chi connectivity index (χ2n) is 5.60. The van der Waals surface area contributed by atoms with E-state index >= 15 is 0 Å². The Balaban J connectivity index is 2.02. The summed E-state index contributed by atoms with van der Waals surface area (Å²) in [6.07, 6.45) is 0. The molecular weight excluding hydrogens is 260 g/mol. The number of hydrogen-bond acceptors (Lipinski definition) is 3. The van der Waals surface area contributed by atoms with Gasteiger partial charge in [-0.2, -0.15) is 5.26 Å². The van der Waals surface area contributed by atoms with E-state index in [1.165, 1.54) is 5.56 Å². The highest BCUT2D eigenvalue weighted by Gasteiger charge is 2.08. The summed E-state index contributed by atoms with van der Waals surface area (Å²) in [5.41, 5.74) is 5.38. The normalized spacial score (nSPS) is 10.7. The van der Waals surface area contributed by atoms with Crippen LogP contribution in [0.5, 0.6) is 0 Å². The third-order valence-electron chi connectivity index (χ3n) is 3.69. The van der Waals surface area contributed by atoms with Crippen LogP contribution in [0.1, 0.15) is 22.5 Å². The molecule has 0 spiro atoms. The highest BCUT2D eigenvalue weighted by atomic mass is 15.0. The summed E-state index contributed by atoms with van der Waals surface area (Å²) < 4.78 is 1.93. The second kappa shape index (κ2) is 6.47. The predicted molar refractivity (Wildman–Crippen MR) is 86.0 cm³/mol. The predicted octanol–water partition coefficient (Wildman–Crippen LogP) is 2.88. The van der Waals surface area contributed by atoms with Crippen molar-refractivity contribution in [1.29, 1.82) is 5.26 Å². The number of rotatable bonds is 5. The van der Waals surface area contributed by atoms with Gasteiger partial charge in [0.1, 0.15) is 11.8 Å². The number of nitrogens with one attached hydrogen (secondary N) is 1. The zero-order chi connectivity index (χ0) is 15.4. The highest BCUT2D eigenvalue weighted by molar-refractivity contribution is 5.46. The fourth-order valence-electron chi connectivity index (χ4n) is 2.34. The van der Waals surface area contributed by atoms with E-state index in [9.17, 15) is 0 Å². The molecule has 1 aromatic carbocycles. The maximum atomic E-state index is 9.05. The lowest BCUT2D eigenvalue weighted by molar-refractivity contribution is 0.402. The average Bonchev–Trinajstić information content (AvgIpc) is 2.73. The molecule has 4 nitrogen and oxygen atoms in total. The Hall–Kier alpha value is -2.25. The molecule has 1 aromatic heterocycles. The van der Waals surface area contributed by atoms with Crippen LogP contribution >= 0.6 is 0 Å². The molecule has 0 aliphatic rings. The van der Waals surface area contributed by atoms with Gasteiger partial charge in [0.05, 0.1) is 0 Å². The first-order chi connectivity index (χ1) is 10.0. The van der Waals surface area contributed by atoms with Crippen molar-refractivity contribution in [3.05, 3.63) is 52.8 Å². The van der Waals surface area contributed by atoms with Crippen molar-refractivity contribution in [2.45, 2.75) is 20.0 Å². The molecule has 0 bridgehead atoms. The van der Waals surface area contributed by atoms with Crippen LogP contribution in [0, 0.1) is 18.3 Å². The van der Waals surface area contributed by atoms with Gasteiger partial charge >= 0.3 is 0 Å². The minimum absolute atomic E-state index is 0.700. The van der Waals surface area contributed by atoms with Gasteiger partial charge in [0.25, 0.3) is 0 Å². The molecule has 0 radical (unpaired) electrons. The summed E-state index contributed by atoms with van der Waals surface area (Å²) in [5.74, 6) is 0. The van der Waals surface area contributed by atoms with E-state index < -0.39 is 0 Å². The van der Waals surface area contributed by atoms with Gasteiger partial charge in [0, 0.05) is 31.5 Å². The molecule has 1 heterocycles. The molecule has 110 valence electrons. The Morgan fingerprint density at radius 1 is 1.24 bits per heavy atom. The third kappa shape index (κ3) is 3.65. The summed E-state index contributed by atoms with van der Waals surface area (Å²) >= 11 is 0. The SMILES string of the molecule is Cc1c(CNc2ccc(CN(C)C)cc2)cc(C#N)n1C. The molecule has 0 fully saturated rings. The summed E-state index contributed by atoms with van der Waals surface area (Å²) in [7, 11) is 6.06. The van der Waals surface area contributed by atoms with Gasteiger partial charge < -0.3 is 14.8 Å². The molecule has 2 aromatic rings. The standard InChI is InChI=1S/C17H22N4/c1-13-15(9-17(10-18)21(13)4)11-19-16-7-5-14(6-8-16)12-20(2)3/h5-9,19H,11-12H2,1-4H3. The Labute approximate surface area is 126 Å². The molecule has 0 saturated heterocycles. The molecule has 0 aliphatic heterocycles. The first-order valence-corrected chi connectivity index (χ1v) is 7.04. The molecule has 0 amide bonds. The quantitative estimate of drug-likeness (QED) is 0.917. The maximum absolute atomic E-state index is 9.05. The van der Waals surface area contributed by atoms with Gasteiger partial charge in [-0.05, 0) is 50.3 Å². The fourth-order valence-corrected chi connectivity index (χ4v) is 2.34.